The predicted octanol–water partition coefficient (Wildman–Crippen LogP) is 4.71. The van der Waals surface area contributed by atoms with Crippen LogP contribution in [0.3, 0.4) is 0 Å². The highest BCUT2D eigenvalue weighted by Crippen LogP contribution is 2.33. The number of thioether (sulfide) groups is 1. The van der Waals surface area contributed by atoms with Gasteiger partial charge in [0.25, 0.3) is 0 Å². The average molecular weight is 260 g/mol. The summed E-state index contributed by atoms with van der Waals surface area (Å²) in [6.07, 6.45) is 6.79. The Kier molecular flexibility index (Phi) is 10.4. The molecule has 0 amide bonds. The largest absolute Gasteiger partial charge is 0.314 e. The molecule has 1 atom stereocenters. The van der Waals surface area contributed by atoms with Crippen molar-refractivity contribution in [2.75, 3.05) is 18.1 Å². The van der Waals surface area contributed by atoms with E-state index in [0.717, 1.165) is 0 Å². The zero-order valence-electron chi connectivity index (χ0n) is 12.6. The Labute approximate surface area is 114 Å². The van der Waals surface area contributed by atoms with Gasteiger partial charge in [0.2, 0.25) is 0 Å². The smallest absolute Gasteiger partial charge is 0.00106 e. The summed E-state index contributed by atoms with van der Waals surface area (Å²) in [5.74, 6) is 2.58. The molecule has 0 aliphatic rings. The summed E-state index contributed by atoms with van der Waals surface area (Å²) in [5.41, 5.74) is 0.544. The SMILES string of the molecule is CCCCC(CC)(CCSCC)CNC(C)C. The fourth-order valence-corrected chi connectivity index (χ4v) is 3.05. The van der Waals surface area contributed by atoms with E-state index >= 15 is 0 Å². The summed E-state index contributed by atoms with van der Waals surface area (Å²) in [6.45, 7) is 12.6. The molecule has 1 nitrogen and oxygen atoms in total. The molecule has 104 valence electrons. The zero-order chi connectivity index (χ0) is 13.1. The Morgan fingerprint density at radius 2 is 1.82 bits per heavy atom. The van der Waals surface area contributed by atoms with Gasteiger partial charge in [-0.05, 0) is 36.2 Å². The molecule has 0 aromatic heterocycles. The van der Waals surface area contributed by atoms with E-state index in [0.29, 0.717) is 11.5 Å². The van der Waals surface area contributed by atoms with Gasteiger partial charge in [0, 0.05) is 12.6 Å². The first kappa shape index (κ1) is 17.3. The van der Waals surface area contributed by atoms with Crippen LogP contribution in [0.25, 0.3) is 0 Å². The molecule has 1 N–H and O–H groups in total. The third kappa shape index (κ3) is 8.10. The zero-order valence-corrected chi connectivity index (χ0v) is 13.5. The molecule has 0 aliphatic carbocycles. The first-order chi connectivity index (χ1) is 8.10. The van der Waals surface area contributed by atoms with Crippen LogP contribution in [0, 0.1) is 5.41 Å². The van der Waals surface area contributed by atoms with Crippen LogP contribution in [0.4, 0.5) is 0 Å². The highest BCUT2D eigenvalue weighted by Gasteiger charge is 2.26. The van der Waals surface area contributed by atoms with Crippen molar-refractivity contribution >= 4 is 11.8 Å². The van der Waals surface area contributed by atoms with E-state index < -0.39 is 0 Å². The highest BCUT2D eigenvalue weighted by atomic mass is 32.2. The fraction of sp³-hybridized carbons (Fsp3) is 1.00. The molecule has 0 fully saturated rings. The molecular weight excluding hydrogens is 226 g/mol. The Hall–Kier alpha value is 0.310. The summed E-state index contributed by atoms with van der Waals surface area (Å²) in [5, 5.41) is 3.66. The van der Waals surface area contributed by atoms with Crippen molar-refractivity contribution in [3.8, 4) is 0 Å². The summed E-state index contributed by atoms with van der Waals surface area (Å²) in [6, 6.07) is 0.612. The average Bonchev–Trinajstić information content (AvgIpc) is 2.32. The van der Waals surface area contributed by atoms with Crippen LogP contribution in [-0.4, -0.2) is 24.1 Å². The van der Waals surface area contributed by atoms with Crippen LogP contribution in [0.5, 0.6) is 0 Å². The molecule has 0 aromatic carbocycles. The summed E-state index contributed by atoms with van der Waals surface area (Å²) in [7, 11) is 0. The molecule has 17 heavy (non-hydrogen) atoms. The van der Waals surface area contributed by atoms with E-state index in [2.05, 4.69) is 51.7 Å². The van der Waals surface area contributed by atoms with E-state index in [1.165, 1.54) is 50.2 Å². The molecule has 0 aromatic rings. The van der Waals surface area contributed by atoms with Gasteiger partial charge in [0.05, 0.1) is 0 Å². The van der Waals surface area contributed by atoms with Gasteiger partial charge in [0.15, 0.2) is 0 Å². The Morgan fingerprint density at radius 3 is 2.29 bits per heavy atom. The molecule has 0 rings (SSSR count). The highest BCUT2D eigenvalue weighted by molar-refractivity contribution is 7.99. The van der Waals surface area contributed by atoms with Gasteiger partial charge < -0.3 is 5.32 Å². The van der Waals surface area contributed by atoms with E-state index in [1.54, 1.807) is 0 Å². The van der Waals surface area contributed by atoms with Crippen molar-refractivity contribution in [3.05, 3.63) is 0 Å². The monoisotopic (exact) mass is 259 g/mol. The Morgan fingerprint density at radius 1 is 1.12 bits per heavy atom. The lowest BCUT2D eigenvalue weighted by Gasteiger charge is -2.34. The summed E-state index contributed by atoms with van der Waals surface area (Å²) >= 11 is 2.09. The molecule has 0 bridgehead atoms. The molecule has 0 spiro atoms. The van der Waals surface area contributed by atoms with Gasteiger partial charge in [-0.3, -0.25) is 0 Å². The summed E-state index contributed by atoms with van der Waals surface area (Å²) in [4.78, 5) is 0. The minimum Gasteiger partial charge on any atom is -0.314 e. The predicted molar refractivity (Wildman–Crippen MR) is 83.0 cm³/mol. The van der Waals surface area contributed by atoms with Crippen LogP contribution in [0.15, 0.2) is 0 Å². The third-order valence-electron chi connectivity index (χ3n) is 3.68. The van der Waals surface area contributed by atoms with Gasteiger partial charge >= 0.3 is 0 Å². The molecule has 1 unspecified atom stereocenters. The van der Waals surface area contributed by atoms with E-state index in [1.807, 2.05) is 0 Å². The van der Waals surface area contributed by atoms with Crippen molar-refractivity contribution < 1.29 is 0 Å². The van der Waals surface area contributed by atoms with Gasteiger partial charge in [-0.1, -0.05) is 47.5 Å². The minimum atomic E-state index is 0.544. The molecule has 0 saturated heterocycles. The molecule has 0 saturated carbocycles. The van der Waals surface area contributed by atoms with E-state index in [9.17, 15) is 0 Å². The second-order valence-corrected chi connectivity index (χ2v) is 6.83. The van der Waals surface area contributed by atoms with Crippen molar-refractivity contribution in [3.63, 3.8) is 0 Å². The van der Waals surface area contributed by atoms with Crippen molar-refractivity contribution in [1.82, 2.24) is 5.32 Å². The van der Waals surface area contributed by atoms with Crippen molar-refractivity contribution in [1.29, 1.82) is 0 Å². The van der Waals surface area contributed by atoms with Crippen molar-refractivity contribution in [2.45, 2.75) is 72.8 Å². The van der Waals surface area contributed by atoms with Crippen LogP contribution in [-0.2, 0) is 0 Å². The van der Waals surface area contributed by atoms with Crippen LogP contribution < -0.4 is 5.32 Å². The second-order valence-electron chi connectivity index (χ2n) is 5.44. The van der Waals surface area contributed by atoms with E-state index in [-0.39, 0.29) is 0 Å². The first-order valence-corrected chi connectivity index (χ1v) is 8.56. The number of unbranched alkanes of at least 4 members (excludes halogenated alkanes) is 1. The van der Waals surface area contributed by atoms with Gasteiger partial charge in [0.1, 0.15) is 0 Å². The maximum Gasteiger partial charge on any atom is 0.00106 e. The quantitative estimate of drug-likeness (QED) is 0.539. The Balaban J connectivity index is 4.27. The molecular formula is C15H33NS. The normalized spacial score (nSPS) is 15.2. The number of nitrogens with one attached hydrogen (secondary N) is 1. The number of rotatable bonds is 11. The molecule has 0 radical (unpaired) electrons. The molecule has 0 aliphatic heterocycles. The maximum atomic E-state index is 3.66. The van der Waals surface area contributed by atoms with Gasteiger partial charge in [-0.15, -0.1) is 0 Å². The van der Waals surface area contributed by atoms with Gasteiger partial charge in [-0.25, -0.2) is 0 Å². The molecule has 0 heterocycles. The number of hydrogen-bond donors (Lipinski definition) is 1. The first-order valence-electron chi connectivity index (χ1n) is 7.41. The van der Waals surface area contributed by atoms with E-state index in [4.69, 9.17) is 0 Å². The topological polar surface area (TPSA) is 12.0 Å². The standard InChI is InChI=1S/C15H33NS/c1-6-9-10-15(7-2,11-12-17-8-3)13-16-14(4)5/h14,16H,6-13H2,1-5H3. The maximum absolute atomic E-state index is 3.66. The lowest BCUT2D eigenvalue weighted by molar-refractivity contribution is 0.218. The summed E-state index contributed by atoms with van der Waals surface area (Å²) < 4.78 is 0. The minimum absolute atomic E-state index is 0.544. The lowest BCUT2D eigenvalue weighted by Crippen LogP contribution is -2.37. The lowest BCUT2D eigenvalue weighted by atomic mass is 9.77. The van der Waals surface area contributed by atoms with Crippen LogP contribution in [0.1, 0.15) is 66.7 Å². The third-order valence-corrected chi connectivity index (χ3v) is 4.58. The fourth-order valence-electron chi connectivity index (χ4n) is 2.19. The van der Waals surface area contributed by atoms with Crippen LogP contribution in [0.2, 0.25) is 0 Å². The van der Waals surface area contributed by atoms with Crippen LogP contribution >= 0.6 is 11.8 Å². The Bertz CT molecular complexity index is 170. The second kappa shape index (κ2) is 10.3. The number of hydrogen-bond acceptors (Lipinski definition) is 2. The van der Waals surface area contributed by atoms with Crippen molar-refractivity contribution in [2.24, 2.45) is 5.41 Å². The molecule has 2 heteroatoms. The van der Waals surface area contributed by atoms with Gasteiger partial charge in [-0.2, -0.15) is 11.8 Å².